The quantitative estimate of drug-likeness (QED) is 0.779. The van der Waals surface area contributed by atoms with Gasteiger partial charge >= 0.3 is 0 Å². The van der Waals surface area contributed by atoms with Crippen LogP contribution in [0.25, 0.3) is 11.1 Å². The molecule has 1 aliphatic rings. The Balaban J connectivity index is 1.56. The Labute approximate surface area is 131 Å². The van der Waals surface area contributed by atoms with Gasteiger partial charge in [-0.15, -0.1) is 0 Å². The van der Waals surface area contributed by atoms with E-state index in [9.17, 15) is 4.79 Å². The van der Waals surface area contributed by atoms with Gasteiger partial charge < -0.3 is 14.7 Å². The van der Waals surface area contributed by atoms with E-state index in [1.165, 1.54) is 0 Å². The first-order valence-electron chi connectivity index (χ1n) is 7.42. The molecule has 0 unspecified atom stereocenters. The Kier molecular flexibility index (Phi) is 3.30. The third-order valence-electron chi connectivity index (χ3n) is 3.99. The minimum absolute atomic E-state index is 0.0504. The fourth-order valence-electron chi connectivity index (χ4n) is 2.93. The molecule has 3 aromatic rings. The average Bonchev–Trinajstić information content (AvgIpc) is 3.25. The minimum Gasteiger partial charge on any atom is -0.439 e. The van der Waals surface area contributed by atoms with E-state index in [0.717, 1.165) is 30.5 Å². The van der Waals surface area contributed by atoms with E-state index in [2.05, 4.69) is 20.0 Å². The number of nitrogens with zero attached hydrogens (tertiary/aromatic N) is 4. The summed E-state index contributed by atoms with van der Waals surface area (Å²) in [5.41, 5.74) is 6.77. The van der Waals surface area contributed by atoms with Gasteiger partial charge in [-0.2, -0.15) is 4.98 Å². The first kappa shape index (κ1) is 13.9. The van der Waals surface area contributed by atoms with Gasteiger partial charge in [-0.25, -0.2) is 4.98 Å². The number of benzene rings is 1. The van der Waals surface area contributed by atoms with E-state index >= 15 is 0 Å². The average molecular weight is 313 g/mol. The third-order valence-corrected chi connectivity index (χ3v) is 3.99. The summed E-state index contributed by atoms with van der Waals surface area (Å²) in [6.07, 6.45) is 1.87. The Morgan fingerprint density at radius 1 is 1.35 bits per heavy atom. The van der Waals surface area contributed by atoms with Crippen LogP contribution in [0.1, 0.15) is 41.3 Å². The summed E-state index contributed by atoms with van der Waals surface area (Å²) < 4.78 is 10.9. The molecule has 8 heteroatoms. The second-order valence-corrected chi connectivity index (χ2v) is 5.52. The minimum atomic E-state index is -0.691. The van der Waals surface area contributed by atoms with Crippen molar-refractivity contribution in [3.63, 3.8) is 0 Å². The standard InChI is InChI=1S/C15H15N5O3/c16-13(21)14-18-15(23-19-14)10-5-3-7-20(10)8-12-17-9-4-1-2-6-11(9)22-12/h1-2,4,6,10H,3,5,7-8H2,(H2,16,21)/t10-/m0/s1. The van der Waals surface area contributed by atoms with Crippen LogP contribution in [0, 0.1) is 0 Å². The van der Waals surface area contributed by atoms with Gasteiger partial charge in [0.2, 0.25) is 11.8 Å². The molecule has 4 rings (SSSR count). The van der Waals surface area contributed by atoms with E-state index in [1.807, 2.05) is 24.3 Å². The van der Waals surface area contributed by atoms with E-state index in [4.69, 9.17) is 14.7 Å². The summed E-state index contributed by atoms with van der Waals surface area (Å²) in [4.78, 5) is 21.8. The van der Waals surface area contributed by atoms with Crippen molar-refractivity contribution in [1.82, 2.24) is 20.0 Å². The molecule has 3 heterocycles. The van der Waals surface area contributed by atoms with Crippen LogP contribution in [0.4, 0.5) is 0 Å². The molecule has 1 aliphatic heterocycles. The molecule has 1 fully saturated rings. The van der Waals surface area contributed by atoms with Crippen LogP contribution in [0.2, 0.25) is 0 Å². The van der Waals surface area contributed by atoms with Gasteiger partial charge in [0.1, 0.15) is 5.52 Å². The normalized spacial score (nSPS) is 18.7. The number of hydrogen-bond acceptors (Lipinski definition) is 7. The summed E-state index contributed by atoms with van der Waals surface area (Å²) in [7, 11) is 0. The lowest BCUT2D eigenvalue weighted by Crippen LogP contribution is -2.23. The maximum absolute atomic E-state index is 11.1. The van der Waals surface area contributed by atoms with Gasteiger partial charge in [-0.05, 0) is 31.5 Å². The highest BCUT2D eigenvalue weighted by molar-refractivity contribution is 5.88. The van der Waals surface area contributed by atoms with Gasteiger partial charge in [-0.3, -0.25) is 9.69 Å². The summed E-state index contributed by atoms with van der Waals surface area (Å²) in [6.45, 7) is 1.42. The number of rotatable bonds is 4. The van der Waals surface area contributed by atoms with Gasteiger partial charge in [-0.1, -0.05) is 17.3 Å². The molecule has 0 spiro atoms. The van der Waals surface area contributed by atoms with Crippen molar-refractivity contribution in [2.45, 2.75) is 25.4 Å². The highest BCUT2D eigenvalue weighted by atomic mass is 16.5. The van der Waals surface area contributed by atoms with Crippen LogP contribution in [-0.4, -0.2) is 32.5 Å². The molecule has 2 aromatic heterocycles. The molecule has 118 valence electrons. The molecule has 1 amide bonds. The Hall–Kier alpha value is -2.74. The van der Waals surface area contributed by atoms with Crippen molar-refractivity contribution < 1.29 is 13.7 Å². The van der Waals surface area contributed by atoms with Crippen molar-refractivity contribution in [3.8, 4) is 0 Å². The van der Waals surface area contributed by atoms with Crippen LogP contribution >= 0.6 is 0 Å². The zero-order valence-corrected chi connectivity index (χ0v) is 12.3. The van der Waals surface area contributed by atoms with Gasteiger partial charge in [0.05, 0.1) is 12.6 Å². The van der Waals surface area contributed by atoms with E-state index in [-0.39, 0.29) is 11.9 Å². The van der Waals surface area contributed by atoms with Gasteiger partial charge in [0.15, 0.2) is 5.58 Å². The molecule has 0 bridgehead atoms. The number of primary amides is 1. The predicted octanol–water partition coefficient (Wildman–Crippen LogP) is 1.65. The predicted molar refractivity (Wildman–Crippen MR) is 79.2 cm³/mol. The molecule has 0 saturated carbocycles. The van der Waals surface area contributed by atoms with Crippen LogP contribution < -0.4 is 5.73 Å². The Morgan fingerprint density at radius 3 is 3.00 bits per heavy atom. The number of likely N-dealkylation sites (tertiary alicyclic amines) is 1. The van der Waals surface area contributed by atoms with E-state index in [1.54, 1.807) is 0 Å². The molecule has 1 saturated heterocycles. The lowest BCUT2D eigenvalue weighted by molar-refractivity contribution is 0.0987. The van der Waals surface area contributed by atoms with E-state index in [0.29, 0.717) is 18.3 Å². The van der Waals surface area contributed by atoms with Crippen molar-refractivity contribution in [2.75, 3.05) is 6.54 Å². The largest absolute Gasteiger partial charge is 0.439 e. The number of hydrogen-bond donors (Lipinski definition) is 1. The topological polar surface area (TPSA) is 111 Å². The molecule has 2 N–H and O–H groups in total. The molecular weight excluding hydrogens is 298 g/mol. The fraction of sp³-hybridized carbons (Fsp3) is 0.333. The van der Waals surface area contributed by atoms with Crippen LogP contribution in [0.15, 0.2) is 33.2 Å². The maximum atomic E-state index is 11.1. The molecule has 1 aromatic carbocycles. The SMILES string of the molecule is NC(=O)c1noc([C@@H]2CCCN2Cc2nc3ccccc3o2)n1. The number of amides is 1. The summed E-state index contributed by atoms with van der Waals surface area (Å²) in [5, 5.41) is 3.61. The monoisotopic (exact) mass is 313 g/mol. The first-order valence-corrected chi connectivity index (χ1v) is 7.42. The van der Waals surface area contributed by atoms with Crippen molar-refractivity contribution >= 4 is 17.0 Å². The second-order valence-electron chi connectivity index (χ2n) is 5.52. The lowest BCUT2D eigenvalue weighted by atomic mass is 10.2. The van der Waals surface area contributed by atoms with Gasteiger partial charge in [0.25, 0.3) is 11.7 Å². The van der Waals surface area contributed by atoms with Crippen LogP contribution in [0.5, 0.6) is 0 Å². The zero-order chi connectivity index (χ0) is 15.8. The lowest BCUT2D eigenvalue weighted by Gasteiger charge is -2.19. The maximum Gasteiger partial charge on any atom is 0.290 e. The number of para-hydroxylation sites is 2. The highest BCUT2D eigenvalue weighted by Gasteiger charge is 2.32. The molecule has 0 radical (unpaired) electrons. The molecule has 0 aliphatic carbocycles. The molecule has 1 atom stereocenters. The highest BCUT2D eigenvalue weighted by Crippen LogP contribution is 2.32. The van der Waals surface area contributed by atoms with Crippen molar-refractivity contribution in [2.24, 2.45) is 5.73 Å². The number of fused-ring (bicyclic) bond motifs is 1. The zero-order valence-electron chi connectivity index (χ0n) is 12.3. The molecular formula is C15H15N5O3. The third kappa shape index (κ3) is 2.57. The second kappa shape index (κ2) is 5.47. The van der Waals surface area contributed by atoms with Crippen molar-refractivity contribution in [1.29, 1.82) is 0 Å². The molecule has 8 nitrogen and oxygen atoms in total. The van der Waals surface area contributed by atoms with Crippen molar-refractivity contribution in [3.05, 3.63) is 41.9 Å². The number of carbonyl (C=O) groups excluding carboxylic acids is 1. The summed E-state index contributed by atoms with van der Waals surface area (Å²) >= 11 is 0. The number of oxazole rings is 1. The Bertz CT molecular complexity index is 823. The summed E-state index contributed by atoms with van der Waals surface area (Å²) in [5.74, 6) is 0.275. The number of nitrogens with two attached hydrogens (primary N) is 1. The van der Waals surface area contributed by atoms with Crippen LogP contribution in [0.3, 0.4) is 0 Å². The number of carbonyl (C=O) groups is 1. The number of aromatic nitrogens is 3. The van der Waals surface area contributed by atoms with Gasteiger partial charge in [0, 0.05) is 0 Å². The fourth-order valence-corrected chi connectivity index (χ4v) is 2.93. The van der Waals surface area contributed by atoms with Crippen LogP contribution in [-0.2, 0) is 6.54 Å². The Morgan fingerprint density at radius 2 is 2.22 bits per heavy atom. The smallest absolute Gasteiger partial charge is 0.290 e. The molecule has 23 heavy (non-hydrogen) atoms. The first-order chi connectivity index (χ1) is 11.2. The summed E-state index contributed by atoms with van der Waals surface area (Å²) in [6, 6.07) is 7.60. The van der Waals surface area contributed by atoms with E-state index < -0.39 is 5.91 Å².